The van der Waals surface area contributed by atoms with Gasteiger partial charge in [-0.25, -0.2) is 4.79 Å². The molecule has 47 heavy (non-hydrogen) atoms. The first-order valence-corrected chi connectivity index (χ1v) is 17.6. The first-order chi connectivity index (χ1) is 22.1. The van der Waals surface area contributed by atoms with Crippen molar-refractivity contribution in [2.45, 2.75) is 110 Å². The van der Waals surface area contributed by atoms with Crippen LogP contribution in [0, 0.1) is 38.4 Å². The minimum absolute atomic E-state index is 0.00527. The van der Waals surface area contributed by atoms with Gasteiger partial charge in [0.15, 0.2) is 11.5 Å². The maximum atomic E-state index is 14.0. The molecule has 2 amide bonds. The van der Waals surface area contributed by atoms with E-state index in [2.05, 4.69) is 31.4 Å². The van der Waals surface area contributed by atoms with E-state index in [0.717, 1.165) is 55.9 Å². The Bertz CT molecular complexity index is 1510. The Kier molecular flexibility index (Phi) is 8.35. The number of ether oxygens (including phenoxy) is 1. The molecule has 6 aliphatic rings. The van der Waals surface area contributed by atoms with Crippen molar-refractivity contribution in [2.75, 3.05) is 12.4 Å². The highest BCUT2D eigenvalue weighted by Crippen LogP contribution is 2.81. The summed E-state index contributed by atoms with van der Waals surface area (Å²) < 4.78 is 11.9. The lowest BCUT2D eigenvalue weighted by Crippen LogP contribution is -2.66. The number of ketones is 2. The number of alkyl halides is 1. The maximum absolute atomic E-state index is 14.0. The molecule has 1 saturated heterocycles. The van der Waals surface area contributed by atoms with E-state index in [1.165, 1.54) is 5.56 Å². The number of carbonyl (C=O) groups is 3. The van der Waals surface area contributed by atoms with Gasteiger partial charge in [-0.3, -0.25) is 9.59 Å². The van der Waals surface area contributed by atoms with Crippen LogP contribution in [-0.2, 0) is 14.3 Å². The number of Topliss-reactive ketones (excluding diaryl/α,β-unsaturated/α-hetero) is 1. The van der Waals surface area contributed by atoms with E-state index < -0.39 is 27.9 Å². The molecule has 0 aromatic carbocycles. The minimum atomic E-state index is -0.901. The van der Waals surface area contributed by atoms with E-state index in [4.69, 9.17) is 20.8 Å². The summed E-state index contributed by atoms with van der Waals surface area (Å²) in [4.78, 5) is 48.7. The van der Waals surface area contributed by atoms with Gasteiger partial charge in [0.05, 0.1) is 41.3 Å². The van der Waals surface area contributed by atoms with Crippen LogP contribution in [0.25, 0.3) is 0 Å². The molecule has 0 bridgehead atoms. The Morgan fingerprint density at radius 2 is 1.83 bits per heavy atom. The van der Waals surface area contributed by atoms with Crippen LogP contribution in [0.1, 0.15) is 98.0 Å². The van der Waals surface area contributed by atoms with Gasteiger partial charge in [0.25, 0.3) is 0 Å². The third kappa shape index (κ3) is 4.71. The number of allylic oxidation sites excluding steroid dienone is 4. The van der Waals surface area contributed by atoms with Gasteiger partial charge in [-0.1, -0.05) is 26.8 Å². The molecule has 256 valence electrons. The molecule has 1 spiro atoms. The number of halogens is 1. The number of hydrogen-bond donors (Lipinski definition) is 2. The summed E-state index contributed by atoms with van der Waals surface area (Å²) in [5, 5.41) is 17.6. The number of furan rings is 1. The highest BCUT2D eigenvalue weighted by Gasteiger charge is 2.87. The molecule has 7 unspecified atom stereocenters. The Morgan fingerprint density at radius 1 is 1.13 bits per heavy atom. The highest BCUT2D eigenvalue weighted by molar-refractivity contribution is 6.18. The molecule has 0 radical (unpaired) electrons. The summed E-state index contributed by atoms with van der Waals surface area (Å²) >= 11 is 5.46. The van der Waals surface area contributed by atoms with Gasteiger partial charge in [-0.2, -0.15) is 5.01 Å². The number of nitroso groups, excluding NO2 is 1. The summed E-state index contributed by atoms with van der Waals surface area (Å²) in [5.41, 5.74) is -1.40. The van der Waals surface area contributed by atoms with Crippen LogP contribution in [0.4, 0.5) is 4.79 Å². The fourth-order valence-corrected chi connectivity index (χ4v) is 10.9. The molecule has 1 aromatic heterocycles. The monoisotopic (exact) mass is 669 g/mol. The quantitative estimate of drug-likeness (QED) is 0.144. The normalized spacial score (nSPS) is 41.0. The molecular formula is C36H48ClN3O7. The van der Waals surface area contributed by atoms with Gasteiger partial charge in [-0.15, -0.1) is 16.5 Å². The van der Waals surface area contributed by atoms with Crippen molar-refractivity contribution >= 4 is 29.2 Å². The smallest absolute Gasteiger partial charge is 0.340 e. The number of urea groups is 1. The summed E-state index contributed by atoms with van der Waals surface area (Å²) in [5.74, 6) is 0.630. The lowest BCUT2D eigenvalue weighted by molar-refractivity contribution is -0.162. The van der Waals surface area contributed by atoms with Gasteiger partial charge in [0.2, 0.25) is 5.78 Å². The van der Waals surface area contributed by atoms with Crippen molar-refractivity contribution in [3.63, 3.8) is 0 Å². The van der Waals surface area contributed by atoms with E-state index in [1.807, 2.05) is 39.2 Å². The molecule has 7 rings (SSSR count). The van der Waals surface area contributed by atoms with Crippen LogP contribution >= 0.6 is 11.6 Å². The summed E-state index contributed by atoms with van der Waals surface area (Å²) in [6.07, 6.45) is 13.9. The molecule has 1 aliphatic heterocycles. The van der Waals surface area contributed by atoms with E-state index in [9.17, 15) is 24.4 Å². The lowest BCUT2D eigenvalue weighted by atomic mass is 9.39. The molecule has 2 heterocycles. The number of amides is 2. The average molecular weight is 670 g/mol. The van der Waals surface area contributed by atoms with E-state index >= 15 is 0 Å². The van der Waals surface area contributed by atoms with Gasteiger partial charge in [-0.05, 0) is 107 Å². The Labute approximate surface area is 281 Å². The third-order valence-corrected chi connectivity index (χ3v) is 13.3. The van der Waals surface area contributed by atoms with Crippen molar-refractivity contribution < 1.29 is 28.6 Å². The lowest BCUT2D eigenvalue weighted by Gasteiger charge is -2.62. The van der Waals surface area contributed by atoms with Crippen molar-refractivity contribution in [2.24, 2.45) is 38.8 Å². The summed E-state index contributed by atoms with van der Waals surface area (Å²) in [6, 6.07) is 1.76. The second-order valence-electron chi connectivity index (χ2n) is 15.9. The molecule has 7 atom stereocenters. The van der Waals surface area contributed by atoms with Gasteiger partial charge >= 0.3 is 6.03 Å². The van der Waals surface area contributed by atoms with Crippen LogP contribution in [-0.4, -0.2) is 57.9 Å². The summed E-state index contributed by atoms with van der Waals surface area (Å²) in [7, 11) is 0. The fourth-order valence-electron chi connectivity index (χ4n) is 10.7. The van der Waals surface area contributed by atoms with Crippen molar-refractivity contribution in [3.8, 4) is 0 Å². The predicted molar refractivity (Wildman–Crippen MR) is 176 cm³/mol. The zero-order valence-corrected chi connectivity index (χ0v) is 29.1. The van der Waals surface area contributed by atoms with Crippen molar-refractivity contribution in [1.82, 2.24) is 10.3 Å². The largest absolute Gasteiger partial charge is 0.504 e. The maximum Gasteiger partial charge on any atom is 0.340 e. The zero-order chi connectivity index (χ0) is 34.2. The minimum Gasteiger partial charge on any atom is -0.504 e. The van der Waals surface area contributed by atoms with Gasteiger partial charge in [0.1, 0.15) is 5.60 Å². The number of rotatable bonds is 5. The molecular weight excluding hydrogens is 622 g/mol. The number of fused-ring (bicyclic) bond motifs is 3. The number of nitrogens with zero attached hydrogens (tertiary/aromatic N) is 2. The summed E-state index contributed by atoms with van der Waals surface area (Å²) in [6.45, 7) is 12.4. The van der Waals surface area contributed by atoms with Crippen molar-refractivity contribution in [1.29, 1.82) is 0 Å². The number of aliphatic hydroxyl groups is 1. The standard InChI is InChI=1S/C26H30O5.C10H18ClN3O2/c1-22(2)17(27)7-9-23(3)16-6-10-24(4)15(14-8-11-30-13-14)12-18-26(24,31-18)25(16,5)21(29)19(28)20(22)23;1-8-2-4-9(5-3-8)12-10(15)14(13-16)7-6-11/h7-9,11,13,15-16,18,28H,6,10,12H2,1-5H3;8-9H,2-7H2,1H3,(H,12,15). The second kappa shape index (κ2) is 11.6. The highest BCUT2D eigenvalue weighted by atomic mass is 35.5. The molecule has 11 heteroatoms. The van der Waals surface area contributed by atoms with Crippen LogP contribution in [0.3, 0.4) is 0 Å². The second-order valence-corrected chi connectivity index (χ2v) is 16.2. The molecule has 1 aromatic rings. The Morgan fingerprint density at radius 3 is 2.45 bits per heavy atom. The first-order valence-electron chi connectivity index (χ1n) is 17.0. The molecule has 4 fully saturated rings. The molecule has 3 saturated carbocycles. The molecule has 5 aliphatic carbocycles. The van der Waals surface area contributed by atoms with E-state index in [0.29, 0.717) is 5.57 Å². The van der Waals surface area contributed by atoms with E-state index in [-0.39, 0.29) is 59.1 Å². The predicted octanol–water partition coefficient (Wildman–Crippen LogP) is 7.39. The third-order valence-electron chi connectivity index (χ3n) is 13.1. The van der Waals surface area contributed by atoms with E-state index in [1.54, 1.807) is 12.3 Å². The van der Waals surface area contributed by atoms with Gasteiger partial charge < -0.3 is 19.6 Å². The van der Waals surface area contributed by atoms with Crippen LogP contribution in [0.2, 0.25) is 0 Å². The number of nitrogens with one attached hydrogen (secondary N) is 1. The van der Waals surface area contributed by atoms with Crippen LogP contribution in [0.5, 0.6) is 0 Å². The zero-order valence-electron chi connectivity index (χ0n) is 28.3. The fraction of sp³-hybridized carbons (Fsp3) is 0.694. The van der Waals surface area contributed by atoms with Gasteiger partial charge in [0, 0.05) is 22.8 Å². The van der Waals surface area contributed by atoms with Crippen LogP contribution < -0.4 is 5.32 Å². The SMILES string of the molecule is CC1(C)C(=O)C=CC2(C)C1=C(O)C(=O)C1(C)C2CCC2(C)C(c3ccoc3)CC3OC321.CC1CCC(NC(=O)N(CCCl)N=O)CC1. The number of carbonyl (C=O) groups excluding carboxylic acids is 3. The first kappa shape index (κ1) is 33.9. The van der Waals surface area contributed by atoms with Crippen LogP contribution in [0.15, 0.2) is 51.8 Å². The molecule has 10 nitrogen and oxygen atoms in total. The topological polar surface area (TPSA) is 142 Å². The number of hydrogen-bond acceptors (Lipinski definition) is 8. The average Bonchev–Trinajstić information content (AvgIpc) is 3.38. The van der Waals surface area contributed by atoms with Crippen molar-refractivity contribution in [3.05, 3.63) is 52.5 Å². The Hall–Kier alpha value is -2.98. The molecule has 2 N–H and O–H groups in total. The number of epoxide rings is 1. The number of aliphatic hydroxyl groups excluding tert-OH is 1. The Balaban J connectivity index is 0.000000205.